The molecule has 0 aliphatic heterocycles. The molecule has 4 N–H and O–H groups in total. The molecule has 0 fully saturated rings. The largest absolute Gasteiger partial charge is 0.481 e. The second-order valence-electron chi connectivity index (χ2n) is 6.86. The molecule has 0 bridgehead atoms. The molecule has 0 aliphatic carbocycles. The summed E-state index contributed by atoms with van der Waals surface area (Å²) in [5.74, 6) is -3.93. The van der Waals surface area contributed by atoms with Crippen molar-refractivity contribution >= 4 is 33.3 Å². The fourth-order valence-corrected chi connectivity index (χ4v) is 3.84. The van der Waals surface area contributed by atoms with Gasteiger partial charge in [0.1, 0.15) is 5.82 Å². The van der Waals surface area contributed by atoms with Crippen molar-refractivity contribution in [3.05, 3.63) is 89.2 Å². The van der Waals surface area contributed by atoms with Crippen LogP contribution in [0.4, 0.5) is 29.3 Å². The van der Waals surface area contributed by atoms with Gasteiger partial charge >= 0.3 is 6.03 Å². The summed E-state index contributed by atoms with van der Waals surface area (Å²) in [5.41, 5.74) is 0.375. The monoisotopic (exact) mass is 492 g/mol. The summed E-state index contributed by atoms with van der Waals surface area (Å²) in [5, 5.41) is 12.8. The molecule has 0 radical (unpaired) electrons. The van der Waals surface area contributed by atoms with Crippen molar-refractivity contribution < 1.29 is 31.1 Å². The molecule has 0 aromatic heterocycles. The highest BCUT2D eigenvalue weighted by Crippen LogP contribution is 2.19. The van der Waals surface area contributed by atoms with Gasteiger partial charge in [-0.15, -0.1) is 0 Å². The van der Waals surface area contributed by atoms with Gasteiger partial charge in [-0.3, -0.25) is 5.41 Å². The Morgan fingerprint density at radius 3 is 2.26 bits per heavy atom. The van der Waals surface area contributed by atoms with Crippen LogP contribution in [0.25, 0.3) is 0 Å². The number of rotatable bonds is 7. The first-order valence-corrected chi connectivity index (χ1v) is 11.1. The molecule has 0 heterocycles. The van der Waals surface area contributed by atoms with Gasteiger partial charge < -0.3 is 15.4 Å². The molecule has 178 valence electrons. The fourth-order valence-electron chi connectivity index (χ4n) is 2.85. The summed E-state index contributed by atoms with van der Waals surface area (Å²) in [6.45, 7) is -0.792. The molecule has 3 aromatic rings. The van der Waals surface area contributed by atoms with Crippen LogP contribution in [0.15, 0.2) is 65.6 Å². The van der Waals surface area contributed by atoms with E-state index in [0.717, 1.165) is 0 Å². The Morgan fingerprint density at radius 2 is 1.59 bits per heavy atom. The van der Waals surface area contributed by atoms with E-state index < -0.39 is 45.6 Å². The third-order valence-electron chi connectivity index (χ3n) is 4.59. The molecule has 8 nitrogen and oxygen atoms in total. The molecule has 0 unspecified atom stereocenters. The standard InChI is InChI=1S/C22H19F3N4O4S/c1-33-21(26)13-3-2-4-15(11-13)29-22(30)28-14-5-7-16(8-6-14)34(31,32)27-12-17-18(23)9-10-19(24)20(17)25/h2-11,26-27H,12H2,1H3,(H2,28,29,30). The van der Waals surface area contributed by atoms with Crippen LogP contribution in [0.5, 0.6) is 0 Å². The van der Waals surface area contributed by atoms with Gasteiger partial charge in [0.05, 0.1) is 12.0 Å². The van der Waals surface area contributed by atoms with Crippen molar-refractivity contribution in [2.45, 2.75) is 11.4 Å². The second-order valence-corrected chi connectivity index (χ2v) is 8.63. The Bertz CT molecular complexity index is 1330. The van der Waals surface area contributed by atoms with Crippen LogP contribution in [-0.2, 0) is 21.3 Å². The second kappa shape index (κ2) is 10.4. The summed E-state index contributed by atoms with van der Waals surface area (Å²) in [4.78, 5) is 12.0. The van der Waals surface area contributed by atoms with Crippen LogP contribution in [0, 0.1) is 22.9 Å². The number of urea groups is 1. The van der Waals surface area contributed by atoms with Crippen molar-refractivity contribution in [3.63, 3.8) is 0 Å². The quantitative estimate of drug-likeness (QED) is 0.224. The number of carbonyl (C=O) groups is 1. The van der Waals surface area contributed by atoms with Crippen molar-refractivity contribution in [1.82, 2.24) is 4.72 Å². The maximum absolute atomic E-state index is 13.7. The Balaban J connectivity index is 1.64. The van der Waals surface area contributed by atoms with E-state index in [1.54, 1.807) is 18.2 Å². The van der Waals surface area contributed by atoms with Crippen LogP contribution in [-0.4, -0.2) is 27.5 Å². The number of nitrogens with one attached hydrogen (secondary N) is 4. The Labute approximate surface area is 193 Å². The van der Waals surface area contributed by atoms with Crippen LogP contribution in [0.1, 0.15) is 11.1 Å². The predicted molar refractivity (Wildman–Crippen MR) is 120 cm³/mol. The lowest BCUT2D eigenvalue weighted by atomic mass is 10.2. The summed E-state index contributed by atoms with van der Waals surface area (Å²) in [6, 6.07) is 12.1. The van der Waals surface area contributed by atoms with E-state index in [4.69, 9.17) is 10.1 Å². The van der Waals surface area contributed by atoms with E-state index in [1.807, 2.05) is 4.72 Å². The van der Waals surface area contributed by atoms with Crippen LogP contribution in [0.2, 0.25) is 0 Å². The average Bonchev–Trinajstić information content (AvgIpc) is 2.81. The average molecular weight is 492 g/mol. The highest BCUT2D eigenvalue weighted by Gasteiger charge is 2.19. The Hall–Kier alpha value is -3.90. The number of amides is 2. The SMILES string of the molecule is COC(=N)c1cccc(NC(=O)Nc2ccc(S(=O)(=O)NCc3c(F)ccc(F)c3F)cc2)c1. The molecule has 34 heavy (non-hydrogen) atoms. The fraction of sp³-hybridized carbons (Fsp3) is 0.0909. The first-order chi connectivity index (χ1) is 16.1. The molecule has 0 saturated carbocycles. The number of halogens is 3. The number of hydrogen-bond donors (Lipinski definition) is 4. The number of benzene rings is 3. The summed E-state index contributed by atoms with van der Waals surface area (Å²) >= 11 is 0. The van der Waals surface area contributed by atoms with Crippen molar-refractivity contribution in [1.29, 1.82) is 5.41 Å². The maximum atomic E-state index is 13.7. The lowest BCUT2D eigenvalue weighted by molar-refractivity contribution is 0.262. The van der Waals surface area contributed by atoms with Crippen molar-refractivity contribution in [2.75, 3.05) is 17.7 Å². The van der Waals surface area contributed by atoms with Crippen LogP contribution < -0.4 is 15.4 Å². The van der Waals surface area contributed by atoms with Gasteiger partial charge in [-0.25, -0.2) is 31.1 Å². The summed E-state index contributed by atoms with van der Waals surface area (Å²) in [7, 11) is -2.83. The molecule has 3 aromatic carbocycles. The normalized spacial score (nSPS) is 11.1. The van der Waals surface area contributed by atoms with Gasteiger partial charge in [0.15, 0.2) is 11.6 Å². The number of sulfonamides is 1. The molecular formula is C22H19F3N4O4S. The number of ether oxygens (including phenoxy) is 1. The van der Waals surface area contributed by atoms with Gasteiger partial charge in [-0.1, -0.05) is 6.07 Å². The molecule has 0 aliphatic rings. The van der Waals surface area contributed by atoms with E-state index >= 15 is 0 Å². The lowest BCUT2D eigenvalue weighted by Gasteiger charge is -2.11. The van der Waals surface area contributed by atoms with Crippen LogP contribution in [0.3, 0.4) is 0 Å². The predicted octanol–water partition coefficient (Wildman–Crippen LogP) is 4.20. The smallest absolute Gasteiger partial charge is 0.323 e. The Kier molecular flexibility index (Phi) is 7.54. The first-order valence-electron chi connectivity index (χ1n) is 9.64. The third-order valence-corrected chi connectivity index (χ3v) is 6.00. The number of hydrogen-bond acceptors (Lipinski definition) is 5. The molecule has 0 saturated heterocycles. The van der Waals surface area contributed by atoms with E-state index in [2.05, 4.69) is 10.6 Å². The van der Waals surface area contributed by atoms with E-state index in [0.29, 0.717) is 23.4 Å². The first kappa shape index (κ1) is 24.7. The van der Waals surface area contributed by atoms with Gasteiger partial charge in [0, 0.05) is 29.0 Å². The minimum atomic E-state index is -4.18. The molecule has 2 amide bonds. The third kappa shape index (κ3) is 5.91. The topological polar surface area (TPSA) is 120 Å². The Morgan fingerprint density at radius 1 is 0.941 bits per heavy atom. The van der Waals surface area contributed by atoms with Gasteiger partial charge in [-0.05, 0) is 54.6 Å². The maximum Gasteiger partial charge on any atom is 0.323 e. The van der Waals surface area contributed by atoms with E-state index in [9.17, 15) is 26.4 Å². The van der Waals surface area contributed by atoms with Crippen molar-refractivity contribution in [2.24, 2.45) is 0 Å². The summed E-state index contributed by atoms with van der Waals surface area (Å²) < 4.78 is 72.4. The van der Waals surface area contributed by atoms with Crippen LogP contribution >= 0.6 is 0 Å². The highest BCUT2D eigenvalue weighted by atomic mass is 32.2. The van der Waals surface area contributed by atoms with E-state index in [1.165, 1.54) is 37.4 Å². The molecule has 12 heteroatoms. The van der Waals surface area contributed by atoms with Gasteiger partial charge in [-0.2, -0.15) is 0 Å². The zero-order valence-electron chi connectivity index (χ0n) is 17.7. The minimum Gasteiger partial charge on any atom is -0.481 e. The number of carbonyl (C=O) groups excluding carboxylic acids is 1. The van der Waals surface area contributed by atoms with Gasteiger partial charge in [0.2, 0.25) is 15.9 Å². The van der Waals surface area contributed by atoms with E-state index in [-0.39, 0.29) is 16.5 Å². The summed E-state index contributed by atoms with van der Waals surface area (Å²) in [6.07, 6.45) is 0. The van der Waals surface area contributed by atoms with Gasteiger partial charge in [0.25, 0.3) is 0 Å². The zero-order valence-corrected chi connectivity index (χ0v) is 18.5. The molecule has 0 spiro atoms. The number of methoxy groups -OCH3 is 1. The molecular weight excluding hydrogens is 473 g/mol. The zero-order chi connectivity index (χ0) is 24.9. The number of anilines is 2. The molecule has 0 atom stereocenters. The minimum absolute atomic E-state index is 0.0719. The lowest BCUT2D eigenvalue weighted by Crippen LogP contribution is -2.24. The van der Waals surface area contributed by atoms with Crippen molar-refractivity contribution in [3.8, 4) is 0 Å². The highest BCUT2D eigenvalue weighted by molar-refractivity contribution is 7.89. The molecule has 3 rings (SSSR count).